The summed E-state index contributed by atoms with van der Waals surface area (Å²) in [5.74, 6) is 0.846. The molecular formula is C18H21N3O3S. The maximum atomic E-state index is 11.8. The second kappa shape index (κ2) is 8.11. The van der Waals surface area contributed by atoms with Crippen LogP contribution >= 0.6 is 11.3 Å². The van der Waals surface area contributed by atoms with Gasteiger partial charge < -0.3 is 15.4 Å². The zero-order valence-corrected chi connectivity index (χ0v) is 14.9. The van der Waals surface area contributed by atoms with E-state index in [-0.39, 0.29) is 11.8 Å². The standard InChI is InChI=1S/C18H21N3O3S/c1-12-19-10-15(25-12)11-20-17(22)3-2-8-24-14-5-6-16-13(9-14)4-7-18(23)21-16/h5-6,9-10H,2-4,7-8,11H2,1H3,(H,20,22)(H,21,23). The van der Waals surface area contributed by atoms with Gasteiger partial charge in [0.1, 0.15) is 5.75 Å². The van der Waals surface area contributed by atoms with E-state index in [1.807, 2.05) is 25.1 Å². The molecule has 0 radical (unpaired) electrons. The molecule has 2 aromatic rings. The highest BCUT2D eigenvalue weighted by atomic mass is 32.1. The molecule has 25 heavy (non-hydrogen) atoms. The van der Waals surface area contributed by atoms with Crippen molar-refractivity contribution in [3.05, 3.63) is 39.8 Å². The molecule has 6 nitrogen and oxygen atoms in total. The number of rotatable bonds is 7. The Hall–Kier alpha value is -2.41. The van der Waals surface area contributed by atoms with Gasteiger partial charge in [-0.15, -0.1) is 11.3 Å². The molecule has 7 heteroatoms. The molecule has 1 aliphatic heterocycles. The minimum atomic E-state index is 0.0165. The Balaban J connectivity index is 1.37. The molecule has 0 bridgehead atoms. The normalized spacial score (nSPS) is 13.1. The third kappa shape index (κ3) is 5.03. The topological polar surface area (TPSA) is 80.3 Å². The monoisotopic (exact) mass is 359 g/mol. The summed E-state index contributed by atoms with van der Waals surface area (Å²) >= 11 is 1.59. The van der Waals surface area contributed by atoms with Gasteiger partial charge in [-0.05, 0) is 43.5 Å². The number of aromatic nitrogens is 1. The number of benzene rings is 1. The minimum absolute atomic E-state index is 0.0165. The molecule has 2 N–H and O–H groups in total. The number of nitrogens with one attached hydrogen (secondary N) is 2. The lowest BCUT2D eigenvalue weighted by Crippen LogP contribution is -2.22. The molecule has 0 unspecified atom stereocenters. The van der Waals surface area contributed by atoms with Gasteiger partial charge in [0.05, 0.1) is 18.2 Å². The third-order valence-electron chi connectivity index (χ3n) is 3.92. The number of hydrogen-bond acceptors (Lipinski definition) is 5. The van der Waals surface area contributed by atoms with Gasteiger partial charge in [-0.3, -0.25) is 9.59 Å². The van der Waals surface area contributed by atoms with Crippen molar-refractivity contribution in [1.82, 2.24) is 10.3 Å². The molecule has 0 aliphatic carbocycles. The molecular weight excluding hydrogens is 338 g/mol. The number of thiazole rings is 1. The molecule has 132 valence electrons. The quantitative estimate of drug-likeness (QED) is 0.745. The Morgan fingerprint density at radius 1 is 1.40 bits per heavy atom. The summed E-state index contributed by atoms with van der Waals surface area (Å²) in [6.45, 7) is 2.96. The first-order valence-electron chi connectivity index (χ1n) is 8.34. The van der Waals surface area contributed by atoms with Gasteiger partial charge in [-0.1, -0.05) is 0 Å². The van der Waals surface area contributed by atoms with Gasteiger partial charge in [0, 0.05) is 29.6 Å². The van der Waals surface area contributed by atoms with Crippen molar-refractivity contribution < 1.29 is 14.3 Å². The van der Waals surface area contributed by atoms with Crippen LogP contribution in [-0.2, 0) is 22.6 Å². The van der Waals surface area contributed by atoms with Crippen molar-refractivity contribution in [2.45, 2.75) is 39.2 Å². The predicted octanol–water partition coefficient (Wildman–Crippen LogP) is 2.81. The van der Waals surface area contributed by atoms with Crippen LogP contribution in [0, 0.1) is 6.92 Å². The second-order valence-corrected chi connectivity index (χ2v) is 7.26. The lowest BCUT2D eigenvalue weighted by molar-refractivity contribution is -0.121. The van der Waals surface area contributed by atoms with Crippen LogP contribution in [-0.4, -0.2) is 23.4 Å². The van der Waals surface area contributed by atoms with Crippen molar-refractivity contribution in [2.24, 2.45) is 0 Å². The van der Waals surface area contributed by atoms with Gasteiger partial charge in [-0.25, -0.2) is 4.98 Å². The number of anilines is 1. The summed E-state index contributed by atoms with van der Waals surface area (Å²) < 4.78 is 5.71. The van der Waals surface area contributed by atoms with Crippen LogP contribution in [0.4, 0.5) is 5.69 Å². The molecule has 2 heterocycles. The number of carbonyl (C=O) groups is 2. The van der Waals surface area contributed by atoms with E-state index in [1.54, 1.807) is 17.5 Å². The second-order valence-electron chi connectivity index (χ2n) is 5.94. The van der Waals surface area contributed by atoms with Gasteiger partial charge in [-0.2, -0.15) is 0 Å². The Labute approximate surface area is 150 Å². The number of amides is 2. The average molecular weight is 359 g/mol. The summed E-state index contributed by atoms with van der Waals surface area (Å²) in [6, 6.07) is 5.67. The minimum Gasteiger partial charge on any atom is -0.494 e. The van der Waals surface area contributed by atoms with Crippen molar-refractivity contribution in [3.63, 3.8) is 0 Å². The van der Waals surface area contributed by atoms with E-state index < -0.39 is 0 Å². The molecule has 0 spiro atoms. The SMILES string of the molecule is Cc1ncc(CNC(=O)CCCOc2ccc3c(c2)CCC(=O)N3)s1. The number of fused-ring (bicyclic) bond motifs is 1. The van der Waals surface area contributed by atoms with Crippen molar-refractivity contribution in [3.8, 4) is 5.75 Å². The zero-order chi connectivity index (χ0) is 17.6. The Morgan fingerprint density at radius 3 is 3.08 bits per heavy atom. The lowest BCUT2D eigenvalue weighted by atomic mass is 10.0. The van der Waals surface area contributed by atoms with E-state index in [9.17, 15) is 9.59 Å². The largest absolute Gasteiger partial charge is 0.494 e. The Bertz CT molecular complexity index is 773. The maximum absolute atomic E-state index is 11.8. The Kier molecular flexibility index (Phi) is 5.65. The molecule has 1 aromatic heterocycles. The maximum Gasteiger partial charge on any atom is 0.224 e. The van der Waals surface area contributed by atoms with Crippen molar-refractivity contribution >= 4 is 28.8 Å². The summed E-state index contributed by atoms with van der Waals surface area (Å²) in [7, 11) is 0. The van der Waals surface area contributed by atoms with Crippen LogP contribution in [0.2, 0.25) is 0 Å². The van der Waals surface area contributed by atoms with Crippen LogP contribution in [0.25, 0.3) is 0 Å². The molecule has 0 fully saturated rings. The molecule has 1 aromatic carbocycles. The number of aryl methyl sites for hydroxylation is 2. The van der Waals surface area contributed by atoms with E-state index in [2.05, 4.69) is 15.6 Å². The summed E-state index contributed by atoms with van der Waals surface area (Å²) in [6.07, 6.45) is 4.12. The lowest BCUT2D eigenvalue weighted by Gasteiger charge is -2.17. The van der Waals surface area contributed by atoms with Crippen LogP contribution < -0.4 is 15.4 Å². The molecule has 0 saturated heterocycles. The fourth-order valence-electron chi connectivity index (χ4n) is 2.63. The highest BCUT2D eigenvalue weighted by Gasteiger charge is 2.15. The summed E-state index contributed by atoms with van der Waals surface area (Å²) in [5, 5.41) is 6.74. The van der Waals surface area contributed by atoms with E-state index in [4.69, 9.17) is 4.74 Å². The van der Waals surface area contributed by atoms with Crippen molar-refractivity contribution in [1.29, 1.82) is 0 Å². The van der Waals surface area contributed by atoms with Gasteiger partial charge in [0.15, 0.2) is 0 Å². The number of hydrogen-bond donors (Lipinski definition) is 2. The van der Waals surface area contributed by atoms with E-state index in [1.165, 1.54) is 0 Å². The smallest absolute Gasteiger partial charge is 0.224 e. The predicted molar refractivity (Wildman–Crippen MR) is 96.8 cm³/mol. The fraction of sp³-hybridized carbons (Fsp3) is 0.389. The van der Waals surface area contributed by atoms with Crippen LogP contribution in [0.3, 0.4) is 0 Å². The molecule has 0 saturated carbocycles. The van der Waals surface area contributed by atoms with E-state index in [0.29, 0.717) is 32.4 Å². The zero-order valence-electron chi connectivity index (χ0n) is 14.1. The van der Waals surface area contributed by atoms with Gasteiger partial charge in [0.2, 0.25) is 11.8 Å². The fourth-order valence-corrected chi connectivity index (χ4v) is 3.37. The van der Waals surface area contributed by atoms with Crippen LogP contribution in [0.15, 0.2) is 24.4 Å². The first kappa shape index (κ1) is 17.4. The number of carbonyl (C=O) groups excluding carboxylic acids is 2. The number of ether oxygens (including phenoxy) is 1. The molecule has 0 atom stereocenters. The molecule has 2 amide bonds. The van der Waals surface area contributed by atoms with Crippen molar-refractivity contribution in [2.75, 3.05) is 11.9 Å². The van der Waals surface area contributed by atoms with Gasteiger partial charge >= 0.3 is 0 Å². The molecule has 1 aliphatic rings. The summed E-state index contributed by atoms with van der Waals surface area (Å²) in [5.41, 5.74) is 1.95. The average Bonchev–Trinajstić information content (AvgIpc) is 3.02. The first-order valence-corrected chi connectivity index (χ1v) is 9.15. The van der Waals surface area contributed by atoms with Crippen LogP contribution in [0.5, 0.6) is 5.75 Å². The molecule has 3 rings (SSSR count). The summed E-state index contributed by atoms with van der Waals surface area (Å²) in [4.78, 5) is 28.4. The van der Waals surface area contributed by atoms with Gasteiger partial charge in [0.25, 0.3) is 0 Å². The Morgan fingerprint density at radius 2 is 2.28 bits per heavy atom. The first-order chi connectivity index (χ1) is 12.1. The highest BCUT2D eigenvalue weighted by molar-refractivity contribution is 7.11. The van der Waals surface area contributed by atoms with E-state index >= 15 is 0 Å². The van der Waals surface area contributed by atoms with E-state index in [0.717, 1.165) is 33.3 Å². The number of nitrogens with zero attached hydrogens (tertiary/aromatic N) is 1. The highest BCUT2D eigenvalue weighted by Crippen LogP contribution is 2.26. The third-order valence-corrected chi connectivity index (χ3v) is 4.83. The van der Waals surface area contributed by atoms with Crippen LogP contribution in [0.1, 0.15) is 34.7 Å².